The minimum Gasteiger partial charge on any atom is -0.501 e. The highest BCUT2D eigenvalue weighted by Crippen LogP contribution is 2.40. The molecule has 8 nitrogen and oxygen atoms in total. The molecule has 2 aromatic carbocycles. The maximum atomic E-state index is 15.1. The summed E-state index contributed by atoms with van der Waals surface area (Å²) in [5.74, 6) is -1.29. The number of carbonyl (C=O) groups is 1. The first kappa shape index (κ1) is 26.3. The van der Waals surface area contributed by atoms with Crippen LogP contribution in [0.2, 0.25) is 0 Å². The van der Waals surface area contributed by atoms with Crippen LogP contribution in [0.5, 0.6) is 5.75 Å². The summed E-state index contributed by atoms with van der Waals surface area (Å²) in [5.41, 5.74) is 1.29. The highest BCUT2D eigenvalue weighted by atomic mass is 19.1. The lowest BCUT2D eigenvalue weighted by Gasteiger charge is -2.24. The van der Waals surface area contributed by atoms with Gasteiger partial charge in [-0.25, -0.2) is 18.6 Å². The van der Waals surface area contributed by atoms with E-state index in [1.54, 1.807) is 12.1 Å². The van der Waals surface area contributed by atoms with Gasteiger partial charge in [0.25, 0.3) is 5.91 Å². The van der Waals surface area contributed by atoms with Gasteiger partial charge in [0, 0.05) is 38.1 Å². The molecule has 0 saturated carbocycles. The molecule has 5 rings (SSSR count). The molecule has 10 heteroatoms. The van der Waals surface area contributed by atoms with Crippen molar-refractivity contribution in [1.29, 1.82) is 0 Å². The highest BCUT2D eigenvalue weighted by Gasteiger charge is 2.22. The summed E-state index contributed by atoms with van der Waals surface area (Å²) in [5, 5.41) is 9.04. The Morgan fingerprint density at radius 2 is 1.97 bits per heavy atom. The predicted molar refractivity (Wildman–Crippen MR) is 140 cm³/mol. The van der Waals surface area contributed by atoms with Gasteiger partial charge in [-0.1, -0.05) is 6.07 Å². The number of aliphatic hydroxyl groups excluding tert-OH is 1. The van der Waals surface area contributed by atoms with Gasteiger partial charge in [-0.3, -0.25) is 4.79 Å². The molecule has 1 fully saturated rings. The topological polar surface area (TPSA) is 89.4 Å². The van der Waals surface area contributed by atoms with E-state index in [1.165, 1.54) is 36.2 Å². The van der Waals surface area contributed by atoms with E-state index in [0.717, 1.165) is 25.1 Å². The monoisotopic (exact) mass is 533 g/mol. The van der Waals surface area contributed by atoms with E-state index in [0.29, 0.717) is 30.0 Å². The number of aromatic nitrogens is 1. The molecule has 2 aromatic heterocycles. The van der Waals surface area contributed by atoms with Crippen LogP contribution < -0.4 is 4.74 Å². The molecule has 4 aromatic rings. The number of ether oxygens (including phenoxy) is 2. The quantitative estimate of drug-likeness (QED) is 0.311. The van der Waals surface area contributed by atoms with Crippen LogP contribution in [0.4, 0.5) is 14.5 Å². The van der Waals surface area contributed by atoms with Gasteiger partial charge < -0.3 is 23.9 Å². The molecule has 3 heterocycles. The Balaban J connectivity index is 1.50. The maximum absolute atomic E-state index is 15.1. The number of aliphatic hydroxyl groups is 1. The Kier molecular flexibility index (Phi) is 7.54. The number of halogens is 2. The molecule has 200 valence electrons. The van der Waals surface area contributed by atoms with E-state index >= 15 is 8.78 Å². The summed E-state index contributed by atoms with van der Waals surface area (Å²) in [6, 6.07) is 10.3. The van der Waals surface area contributed by atoms with Crippen LogP contribution in [-0.2, 0) is 4.74 Å². The van der Waals surface area contributed by atoms with Crippen LogP contribution >= 0.6 is 0 Å². The van der Waals surface area contributed by atoms with Crippen LogP contribution in [0.3, 0.4) is 0 Å². The predicted octanol–water partition coefficient (Wildman–Crippen LogP) is 5.61. The third-order valence-electron chi connectivity index (χ3n) is 6.59. The number of hydrogen-bond acceptors (Lipinski definition) is 6. The second kappa shape index (κ2) is 11.2. The van der Waals surface area contributed by atoms with E-state index in [2.05, 4.69) is 9.83 Å². The van der Waals surface area contributed by atoms with Crippen LogP contribution in [0, 0.1) is 18.2 Å². The van der Waals surface area contributed by atoms with E-state index in [4.69, 9.17) is 25.6 Å². The number of amides is 1. The molecule has 1 saturated heterocycles. The van der Waals surface area contributed by atoms with E-state index < -0.39 is 17.5 Å². The second-order valence-electron chi connectivity index (χ2n) is 9.17. The number of benzene rings is 2. The Bertz CT molecular complexity index is 1570. The summed E-state index contributed by atoms with van der Waals surface area (Å²) in [6.07, 6.45) is 2.43. The second-order valence-corrected chi connectivity index (χ2v) is 9.17. The Morgan fingerprint density at radius 3 is 2.69 bits per heavy atom. The van der Waals surface area contributed by atoms with Crippen LogP contribution in [0.1, 0.15) is 23.2 Å². The van der Waals surface area contributed by atoms with Crippen molar-refractivity contribution in [3.05, 3.63) is 77.3 Å². The van der Waals surface area contributed by atoms with Crippen molar-refractivity contribution < 1.29 is 32.6 Å². The standard InChI is InChI=1S/C29H25F2N3O5/c1-32-23-14-17(4-6-25(23)38-19-7-11-37-12-8-19)27-22(31)16-33-24-15-26(39-28(24)27)20-5-3-18(13-21(20)30)29(36)34(2)9-10-35/h3-6,13-16,19,35H,7-12H2,2H3. The number of carbonyl (C=O) groups excluding carboxylic acids is 1. The number of nitrogens with zero attached hydrogens (tertiary/aromatic N) is 3. The molecule has 0 atom stereocenters. The van der Waals surface area contributed by atoms with E-state index in [9.17, 15) is 4.79 Å². The SMILES string of the molecule is [C-]#[N+]c1cc(-c2c(F)cnc3cc(-c4ccc(C(=O)N(C)CCO)cc4F)oc23)ccc1OC1CCOCC1. The molecule has 0 bridgehead atoms. The van der Waals surface area contributed by atoms with Gasteiger partial charge in [0.1, 0.15) is 28.9 Å². The molecule has 0 unspecified atom stereocenters. The van der Waals surface area contributed by atoms with Crippen molar-refractivity contribution in [3.8, 4) is 28.2 Å². The van der Waals surface area contributed by atoms with Gasteiger partial charge in [-0.05, 0) is 35.9 Å². The van der Waals surface area contributed by atoms with E-state index in [-0.39, 0.29) is 53.0 Å². The van der Waals surface area contributed by atoms with Crippen LogP contribution in [0.15, 0.2) is 53.1 Å². The van der Waals surface area contributed by atoms with Crippen molar-refractivity contribution in [3.63, 3.8) is 0 Å². The third kappa shape index (κ3) is 5.32. The maximum Gasteiger partial charge on any atom is 0.253 e. The Morgan fingerprint density at radius 1 is 1.18 bits per heavy atom. The zero-order valence-electron chi connectivity index (χ0n) is 21.1. The Labute approximate surface area is 223 Å². The largest absolute Gasteiger partial charge is 0.501 e. The lowest BCUT2D eigenvalue weighted by Crippen LogP contribution is -2.29. The molecule has 1 aliphatic rings. The molecular weight excluding hydrogens is 508 g/mol. The number of rotatable bonds is 7. The molecule has 39 heavy (non-hydrogen) atoms. The smallest absolute Gasteiger partial charge is 0.253 e. The highest BCUT2D eigenvalue weighted by molar-refractivity contribution is 5.96. The first-order valence-electron chi connectivity index (χ1n) is 12.4. The molecule has 1 amide bonds. The number of pyridine rings is 1. The van der Waals surface area contributed by atoms with Gasteiger partial charge in [0.2, 0.25) is 5.69 Å². The Hall–Kier alpha value is -4.33. The molecule has 0 radical (unpaired) electrons. The first-order valence-corrected chi connectivity index (χ1v) is 12.4. The zero-order chi connectivity index (χ0) is 27.5. The summed E-state index contributed by atoms with van der Waals surface area (Å²) in [7, 11) is 1.51. The minimum atomic E-state index is -0.704. The van der Waals surface area contributed by atoms with Gasteiger partial charge >= 0.3 is 0 Å². The fourth-order valence-corrected chi connectivity index (χ4v) is 4.51. The van der Waals surface area contributed by atoms with Crippen molar-refractivity contribution in [1.82, 2.24) is 9.88 Å². The van der Waals surface area contributed by atoms with Crippen molar-refractivity contribution in [2.75, 3.05) is 33.4 Å². The summed E-state index contributed by atoms with van der Waals surface area (Å²) in [6.45, 7) is 8.72. The zero-order valence-corrected chi connectivity index (χ0v) is 21.1. The fourth-order valence-electron chi connectivity index (χ4n) is 4.51. The number of fused-ring (bicyclic) bond motifs is 1. The first-order chi connectivity index (χ1) is 18.9. The molecule has 1 aliphatic heterocycles. The van der Waals surface area contributed by atoms with E-state index in [1.807, 2.05) is 0 Å². The van der Waals surface area contributed by atoms with Crippen molar-refractivity contribution in [2.45, 2.75) is 18.9 Å². The number of hydrogen-bond donors (Lipinski definition) is 1. The average molecular weight is 534 g/mol. The van der Waals surface area contributed by atoms with Gasteiger partial charge in [-0.15, -0.1) is 0 Å². The molecule has 1 N–H and O–H groups in total. The van der Waals surface area contributed by atoms with Gasteiger partial charge in [-0.2, -0.15) is 0 Å². The van der Waals surface area contributed by atoms with Crippen LogP contribution in [0.25, 0.3) is 38.4 Å². The van der Waals surface area contributed by atoms with Crippen molar-refractivity contribution in [2.24, 2.45) is 0 Å². The third-order valence-corrected chi connectivity index (χ3v) is 6.59. The average Bonchev–Trinajstić information content (AvgIpc) is 3.37. The van der Waals surface area contributed by atoms with Crippen LogP contribution in [-0.4, -0.2) is 60.4 Å². The normalized spacial score (nSPS) is 13.8. The minimum absolute atomic E-state index is 0.0613. The molecular formula is C29H25F2N3O5. The number of likely N-dealkylation sites (N-methyl/N-ethyl adjacent to an activating group) is 1. The van der Waals surface area contributed by atoms with Gasteiger partial charge in [0.15, 0.2) is 11.4 Å². The summed E-state index contributed by atoms with van der Waals surface area (Å²) >= 11 is 0. The number of furan rings is 1. The lowest BCUT2D eigenvalue weighted by molar-refractivity contribution is 0.0259. The summed E-state index contributed by atoms with van der Waals surface area (Å²) < 4.78 is 47.5. The van der Waals surface area contributed by atoms with Gasteiger partial charge in [0.05, 0.1) is 43.7 Å². The summed E-state index contributed by atoms with van der Waals surface area (Å²) in [4.78, 5) is 21.4. The van der Waals surface area contributed by atoms with Crippen molar-refractivity contribution >= 4 is 22.7 Å². The molecule has 0 spiro atoms. The fraction of sp³-hybridized carbons (Fsp3) is 0.276. The lowest BCUT2D eigenvalue weighted by atomic mass is 10.0. The molecule has 0 aliphatic carbocycles.